The van der Waals surface area contributed by atoms with E-state index in [1.165, 1.54) is 11.2 Å². The van der Waals surface area contributed by atoms with Gasteiger partial charge in [0.2, 0.25) is 0 Å². The van der Waals surface area contributed by atoms with Crippen molar-refractivity contribution in [3.63, 3.8) is 0 Å². The van der Waals surface area contributed by atoms with Crippen molar-refractivity contribution in [2.24, 2.45) is 0 Å². The lowest BCUT2D eigenvalue weighted by atomic mass is 10.3. The van der Waals surface area contributed by atoms with Crippen LogP contribution < -0.4 is 0 Å². The second-order valence-corrected chi connectivity index (χ2v) is 5.41. The van der Waals surface area contributed by atoms with E-state index in [9.17, 15) is 13.2 Å². The minimum Gasteiger partial charge on any atom is -0.480 e. The molecule has 0 aromatic carbocycles. The van der Waals surface area contributed by atoms with Crippen LogP contribution in [0.25, 0.3) is 0 Å². The fraction of sp³-hybridized carbons (Fsp3) is 0.875. The van der Waals surface area contributed by atoms with Crippen molar-refractivity contribution in [3.8, 4) is 0 Å². The van der Waals surface area contributed by atoms with E-state index in [1.54, 1.807) is 0 Å². The quantitative estimate of drug-likeness (QED) is 0.729. The third-order valence-electron chi connectivity index (χ3n) is 2.45. The summed E-state index contributed by atoms with van der Waals surface area (Å²) in [6.07, 6.45) is 0.731. The zero-order valence-corrected chi connectivity index (χ0v) is 9.70. The Kier molecular flexibility index (Phi) is 3.69. The Hall–Kier alpha value is -0.660. The summed E-state index contributed by atoms with van der Waals surface area (Å²) in [6.45, 7) is 4.36. The number of nitrogens with zero attached hydrogens (tertiary/aromatic N) is 2. The number of hydrogen-bond donors (Lipinski definition) is 1. The molecule has 0 aromatic heterocycles. The van der Waals surface area contributed by atoms with Crippen LogP contribution in [0, 0.1) is 0 Å². The summed E-state index contributed by atoms with van der Waals surface area (Å²) >= 11 is 0. The summed E-state index contributed by atoms with van der Waals surface area (Å²) in [5.41, 5.74) is 0. The van der Waals surface area contributed by atoms with Crippen molar-refractivity contribution < 1.29 is 18.3 Å². The standard InChI is InChI=1S/C8H16N2O4S/c1-3-4-9-5-6-10(15(9,13)14)7(2)8(11)12/h7H,3-6H2,1-2H3,(H,11,12). The van der Waals surface area contributed by atoms with Crippen molar-refractivity contribution in [1.82, 2.24) is 8.61 Å². The van der Waals surface area contributed by atoms with Crippen molar-refractivity contribution in [1.29, 1.82) is 0 Å². The summed E-state index contributed by atoms with van der Waals surface area (Å²) in [4.78, 5) is 10.7. The average molecular weight is 236 g/mol. The molecule has 1 heterocycles. The number of carboxylic acid groups (broad SMARTS) is 1. The topological polar surface area (TPSA) is 77.9 Å². The van der Waals surface area contributed by atoms with E-state index in [0.29, 0.717) is 13.1 Å². The van der Waals surface area contributed by atoms with Gasteiger partial charge in [-0.05, 0) is 13.3 Å². The highest BCUT2D eigenvalue weighted by atomic mass is 32.2. The number of rotatable bonds is 4. The summed E-state index contributed by atoms with van der Waals surface area (Å²) in [7, 11) is -3.55. The first-order valence-corrected chi connectivity index (χ1v) is 6.30. The lowest BCUT2D eigenvalue weighted by Crippen LogP contribution is -2.42. The van der Waals surface area contributed by atoms with Crippen LogP contribution in [0.3, 0.4) is 0 Å². The maximum absolute atomic E-state index is 11.8. The maximum Gasteiger partial charge on any atom is 0.321 e. The highest BCUT2D eigenvalue weighted by Crippen LogP contribution is 2.19. The molecule has 0 bridgehead atoms. The van der Waals surface area contributed by atoms with E-state index in [0.717, 1.165) is 10.7 Å². The van der Waals surface area contributed by atoms with E-state index in [4.69, 9.17) is 5.11 Å². The molecular formula is C8H16N2O4S. The SMILES string of the molecule is CCCN1CCN(C(C)C(=O)O)S1(=O)=O. The van der Waals surface area contributed by atoms with Crippen molar-refractivity contribution >= 4 is 16.2 Å². The van der Waals surface area contributed by atoms with Crippen LogP contribution in [0.2, 0.25) is 0 Å². The van der Waals surface area contributed by atoms with Gasteiger partial charge in [0.05, 0.1) is 0 Å². The van der Waals surface area contributed by atoms with Gasteiger partial charge in [0.25, 0.3) is 10.2 Å². The average Bonchev–Trinajstić information content (AvgIpc) is 2.42. The van der Waals surface area contributed by atoms with Crippen LogP contribution in [0.5, 0.6) is 0 Å². The lowest BCUT2D eigenvalue weighted by molar-refractivity contribution is -0.140. The zero-order valence-electron chi connectivity index (χ0n) is 8.88. The fourth-order valence-corrected chi connectivity index (χ4v) is 3.41. The van der Waals surface area contributed by atoms with Crippen LogP contribution in [-0.2, 0) is 15.0 Å². The summed E-state index contributed by atoms with van der Waals surface area (Å²) < 4.78 is 26.0. The van der Waals surface area contributed by atoms with Gasteiger partial charge in [0.15, 0.2) is 0 Å². The highest BCUT2D eigenvalue weighted by molar-refractivity contribution is 7.87. The Morgan fingerprint density at radius 2 is 2.07 bits per heavy atom. The molecule has 1 aliphatic rings. The first-order valence-electron chi connectivity index (χ1n) is 4.91. The molecule has 88 valence electrons. The molecule has 1 saturated heterocycles. The third-order valence-corrected chi connectivity index (χ3v) is 4.56. The maximum atomic E-state index is 11.8. The Morgan fingerprint density at radius 1 is 1.47 bits per heavy atom. The van der Waals surface area contributed by atoms with Gasteiger partial charge in [-0.1, -0.05) is 6.92 Å². The third kappa shape index (κ3) is 2.30. The van der Waals surface area contributed by atoms with E-state index >= 15 is 0 Å². The van der Waals surface area contributed by atoms with Crippen molar-refractivity contribution in [2.75, 3.05) is 19.6 Å². The van der Waals surface area contributed by atoms with Crippen LogP contribution in [-0.4, -0.2) is 53.8 Å². The van der Waals surface area contributed by atoms with Crippen LogP contribution >= 0.6 is 0 Å². The van der Waals surface area contributed by atoms with E-state index in [-0.39, 0.29) is 6.54 Å². The normalized spacial score (nSPS) is 24.1. The molecule has 0 radical (unpaired) electrons. The molecule has 1 unspecified atom stereocenters. The first kappa shape index (κ1) is 12.4. The fourth-order valence-electron chi connectivity index (χ4n) is 1.58. The molecule has 1 aliphatic heterocycles. The van der Waals surface area contributed by atoms with Crippen molar-refractivity contribution in [2.45, 2.75) is 26.3 Å². The molecule has 15 heavy (non-hydrogen) atoms. The zero-order chi connectivity index (χ0) is 11.6. The van der Waals surface area contributed by atoms with Gasteiger partial charge in [-0.3, -0.25) is 4.79 Å². The molecule has 7 heteroatoms. The summed E-state index contributed by atoms with van der Waals surface area (Å²) in [5.74, 6) is -1.11. The summed E-state index contributed by atoms with van der Waals surface area (Å²) in [6, 6.07) is -0.989. The predicted octanol–water partition coefficient (Wildman–Crippen LogP) is -0.268. The van der Waals surface area contributed by atoms with Crippen LogP contribution in [0.15, 0.2) is 0 Å². The van der Waals surface area contributed by atoms with Gasteiger partial charge in [0, 0.05) is 19.6 Å². The largest absolute Gasteiger partial charge is 0.480 e. The molecule has 1 N–H and O–H groups in total. The molecule has 0 amide bonds. The molecular weight excluding hydrogens is 220 g/mol. The second kappa shape index (κ2) is 4.46. The minimum absolute atomic E-state index is 0.260. The molecule has 6 nitrogen and oxygen atoms in total. The Labute approximate surface area is 89.7 Å². The Morgan fingerprint density at radius 3 is 2.53 bits per heavy atom. The van der Waals surface area contributed by atoms with Gasteiger partial charge in [-0.25, -0.2) is 0 Å². The van der Waals surface area contributed by atoms with E-state index < -0.39 is 22.2 Å². The number of hydrogen-bond acceptors (Lipinski definition) is 3. The molecule has 1 rings (SSSR count). The van der Waals surface area contributed by atoms with E-state index in [2.05, 4.69) is 0 Å². The minimum atomic E-state index is -3.55. The van der Waals surface area contributed by atoms with Gasteiger partial charge >= 0.3 is 5.97 Å². The number of carbonyl (C=O) groups is 1. The highest BCUT2D eigenvalue weighted by Gasteiger charge is 2.40. The van der Waals surface area contributed by atoms with Gasteiger partial charge in [-0.2, -0.15) is 17.0 Å². The molecule has 1 fully saturated rings. The predicted molar refractivity (Wildman–Crippen MR) is 54.6 cm³/mol. The van der Waals surface area contributed by atoms with Gasteiger partial charge < -0.3 is 5.11 Å². The van der Waals surface area contributed by atoms with Crippen molar-refractivity contribution in [3.05, 3.63) is 0 Å². The monoisotopic (exact) mass is 236 g/mol. The molecule has 0 saturated carbocycles. The molecule has 0 spiro atoms. The Bertz CT molecular complexity index is 341. The molecule has 0 aromatic rings. The first-order chi connectivity index (χ1) is 6.91. The van der Waals surface area contributed by atoms with Gasteiger partial charge in [-0.15, -0.1) is 0 Å². The molecule has 1 atom stereocenters. The van der Waals surface area contributed by atoms with Crippen LogP contribution in [0.4, 0.5) is 0 Å². The molecule has 0 aliphatic carbocycles. The number of carboxylic acids is 1. The van der Waals surface area contributed by atoms with Crippen LogP contribution in [0.1, 0.15) is 20.3 Å². The summed E-state index contributed by atoms with van der Waals surface area (Å²) in [5, 5.41) is 8.77. The Balaban J connectivity index is 2.84. The number of aliphatic carboxylic acids is 1. The second-order valence-electron chi connectivity index (χ2n) is 3.53. The lowest BCUT2D eigenvalue weighted by Gasteiger charge is -2.20. The smallest absolute Gasteiger partial charge is 0.321 e. The van der Waals surface area contributed by atoms with E-state index in [1.807, 2.05) is 6.92 Å². The van der Waals surface area contributed by atoms with Gasteiger partial charge in [0.1, 0.15) is 6.04 Å².